The van der Waals surface area contributed by atoms with Crippen molar-refractivity contribution < 1.29 is 0 Å². The lowest BCUT2D eigenvalue weighted by Crippen LogP contribution is -2.58. The zero-order chi connectivity index (χ0) is 15.4. The van der Waals surface area contributed by atoms with Gasteiger partial charge in [0, 0.05) is 32.2 Å². The first-order valence-electron chi connectivity index (χ1n) is 8.31. The van der Waals surface area contributed by atoms with Crippen LogP contribution in [-0.4, -0.2) is 44.8 Å². The highest BCUT2D eigenvalue weighted by atomic mass is 15.3. The molecule has 3 unspecified atom stereocenters. The van der Waals surface area contributed by atoms with E-state index < -0.39 is 0 Å². The molecule has 1 saturated heterocycles. The molecule has 21 heavy (non-hydrogen) atoms. The first kappa shape index (κ1) is 16.4. The topological polar surface area (TPSA) is 46.0 Å². The van der Waals surface area contributed by atoms with E-state index in [1.165, 1.54) is 12.8 Å². The molecule has 1 aliphatic heterocycles. The monoisotopic (exact) mass is 293 g/mol. The van der Waals surface area contributed by atoms with Crippen LogP contribution in [0.5, 0.6) is 0 Å². The Labute approximate surface area is 129 Å². The van der Waals surface area contributed by atoms with Crippen LogP contribution in [-0.2, 0) is 13.6 Å². The van der Waals surface area contributed by atoms with E-state index in [0.29, 0.717) is 18.0 Å². The fraction of sp³-hybridized carbons (Fsp3) is 0.875. The van der Waals surface area contributed by atoms with Crippen LogP contribution in [0.15, 0.2) is 6.33 Å². The number of rotatable bonds is 6. The van der Waals surface area contributed by atoms with Crippen molar-refractivity contribution in [3.8, 4) is 0 Å². The van der Waals surface area contributed by atoms with E-state index in [1.54, 1.807) is 6.33 Å². The molecular weight excluding hydrogens is 262 g/mol. The Kier molecular flexibility index (Phi) is 5.76. The summed E-state index contributed by atoms with van der Waals surface area (Å²) in [6.07, 6.45) is 4.11. The van der Waals surface area contributed by atoms with Gasteiger partial charge in [-0.15, -0.1) is 0 Å². The summed E-state index contributed by atoms with van der Waals surface area (Å²) >= 11 is 0. The standard InChI is InChI=1S/C16H31N5/c1-6-13(4)15-8-17-14(7-12(2)3)9-21(15)10-16-18-11-19-20(16)5/h11-15,17H,6-10H2,1-5H3. The van der Waals surface area contributed by atoms with Crippen LogP contribution in [0, 0.1) is 11.8 Å². The minimum absolute atomic E-state index is 0.593. The average molecular weight is 293 g/mol. The molecular formula is C16H31N5. The summed E-state index contributed by atoms with van der Waals surface area (Å²) in [6, 6.07) is 1.19. The van der Waals surface area contributed by atoms with Crippen LogP contribution in [0.2, 0.25) is 0 Å². The van der Waals surface area contributed by atoms with E-state index in [2.05, 4.69) is 48.0 Å². The molecule has 0 radical (unpaired) electrons. The van der Waals surface area contributed by atoms with Gasteiger partial charge in [0.2, 0.25) is 0 Å². The highest BCUT2D eigenvalue weighted by Gasteiger charge is 2.31. The first-order valence-corrected chi connectivity index (χ1v) is 8.31. The summed E-state index contributed by atoms with van der Waals surface area (Å²) in [5.41, 5.74) is 0. The molecule has 0 bridgehead atoms. The second-order valence-corrected chi connectivity index (χ2v) is 6.92. The van der Waals surface area contributed by atoms with Crippen molar-refractivity contribution in [2.45, 2.75) is 59.2 Å². The van der Waals surface area contributed by atoms with Crippen molar-refractivity contribution in [3.05, 3.63) is 12.2 Å². The predicted octanol–water partition coefficient (Wildman–Crippen LogP) is 2.05. The molecule has 120 valence electrons. The van der Waals surface area contributed by atoms with Gasteiger partial charge in [0.15, 0.2) is 0 Å². The summed E-state index contributed by atoms with van der Waals surface area (Å²) in [6.45, 7) is 12.3. The summed E-state index contributed by atoms with van der Waals surface area (Å²) in [4.78, 5) is 7.02. The van der Waals surface area contributed by atoms with E-state index in [9.17, 15) is 0 Å². The van der Waals surface area contributed by atoms with Crippen molar-refractivity contribution in [2.24, 2.45) is 18.9 Å². The van der Waals surface area contributed by atoms with Crippen LogP contribution >= 0.6 is 0 Å². The molecule has 1 aromatic rings. The quantitative estimate of drug-likeness (QED) is 0.872. The number of aryl methyl sites for hydroxylation is 1. The lowest BCUT2D eigenvalue weighted by atomic mass is 9.92. The summed E-state index contributed by atoms with van der Waals surface area (Å²) in [5, 5.41) is 7.96. The van der Waals surface area contributed by atoms with Crippen LogP contribution in [0.4, 0.5) is 0 Å². The third-order valence-corrected chi connectivity index (χ3v) is 4.75. The van der Waals surface area contributed by atoms with Crippen molar-refractivity contribution in [1.29, 1.82) is 0 Å². The fourth-order valence-corrected chi connectivity index (χ4v) is 3.29. The van der Waals surface area contributed by atoms with E-state index in [4.69, 9.17) is 0 Å². The predicted molar refractivity (Wildman–Crippen MR) is 85.9 cm³/mol. The SMILES string of the molecule is CCC(C)C1CNC(CC(C)C)CN1Cc1ncnn1C. The smallest absolute Gasteiger partial charge is 0.140 e. The Morgan fingerprint density at radius 1 is 1.38 bits per heavy atom. The maximum atomic E-state index is 4.41. The van der Waals surface area contributed by atoms with Gasteiger partial charge in [-0.2, -0.15) is 5.10 Å². The molecule has 3 atom stereocenters. The second-order valence-electron chi connectivity index (χ2n) is 6.92. The minimum atomic E-state index is 0.593. The molecule has 1 fully saturated rings. The number of hydrogen-bond donors (Lipinski definition) is 1. The molecule has 0 saturated carbocycles. The first-order chi connectivity index (χ1) is 10.0. The van der Waals surface area contributed by atoms with Crippen molar-refractivity contribution in [2.75, 3.05) is 13.1 Å². The summed E-state index contributed by atoms with van der Waals surface area (Å²) in [5.74, 6) is 2.50. The molecule has 0 aromatic carbocycles. The molecule has 1 aliphatic rings. The van der Waals surface area contributed by atoms with E-state index in [1.807, 2.05) is 11.7 Å². The van der Waals surface area contributed by atoms with Crippen molar-refractivity contribution >= 4 is 0 Å². The Balaban J connectivity index is 2.07. The molecule has 2 heterocycles. The minimum Gasteiger partial charge on any atom is -0.311 e. The van der Waals surface area contributed by atoms with Gasteiger partial charge < -0.3 is 5.32 Å². The van der Waals surface area contributed by atoms with Crippen LogP contribution < -0.4 is 5.32 Å². The lowest BCUT2D eigenvalue weighted by Gasteiger charge is -2.43. The number of nitrogens with one attached hydrogen (secondary N) is 1. The van der Waals surface area contributed by atoms with Gasteiger partial charge in [-0.3, -0.25) is 9.58 Å². The average Bonchev–Trinajstić information content (AvgIpc) is 2.83. The van der Waals surface area contributed by atoms with E-state index >= 15 is 0 Å². The molecule has 1 N–H and O–H groups in total. The highest BCUT2D eigenvalue weighted by Crippen LogP contribution is 2.22. The van der Waals surface area contributed by atoms with Crippen LogP contribution in [0.3, 0.4) is 0 Å². The third kappa shape index (κ3) is 4.27. The molecule has 0 spiro atoms. The Morgan fingerprint density at radius 3 is 2.71 bits per heavy atom. The zero-order valence-electron chi connectivity index (χ0n) is 14.2. The largest absolute Gasteiger partial charge is 0.311 e. The molecule has 1 aromatic heterocycles. The molecule has 5 nitrogen and oxygen atoms in total. The highest BCUT2D eigenvalue weighted by molar-refractivity contribution is 4.93. The maximum absolute atomic E-state index is 4.41. The van der Waals surface area contributed by atoms with Crippen LogP contribution in [0.1, 0.15) is 46.4 Å². The number of hydrogen-bond acceptors (Lipinski definition) is 4. The number of piperazine rings is 1. The van der Waals surface area contributed by atoms with Crippen molar-refractivity contribution in [3.63, 3.8) is 0 Å². The van der Waals surface area contributed by atoms with Gasteiger partial charge in [0.05, 0.1) is 6.54 Å². The van der Waals surface area contributed by atoms with E-state index in [-0.39, 0.29) is 0 Å². The van der Waals surface area contributed by atoms with Gasteiger partial charge in [-0.05, 0) is 18.3 Å². The zero-order valence-corrected chi connectivity index (χ0v) is 14.2. The maximum Gasteiger partial charge on any atom is 0.140 e. The van der Waals surface area contributed by atoms with Gasteiger partial charge in [0.1, 0.15) is 12.2 Å². The Bertz CT molecular complexity index is 428. The van der Waals surface area contributed by atoms with Crippen LogP contribution in [0.25, 0.3) is 0 Å². The van der Waals surface area contributed by atoms with Gasteiger partial charge >= 0.3 is 0 Å². The molecule has 0 aliphatic carbocycles. The summed E-state index contributed by atoms with van der Waals surface area (Å²) < 4.78 is 1.90. The van der Waals surface area contributed by atoms with E-state index in [0.717, 1.165) is 31.4 Å². The van der Waals surface area contributed by atoms with Crippen molar-refractivity contribution in [1.82, 2.24) is 25.0 Å². The normalized spacial score (nSPS) is 25.4. The number of aromatic nitrogens is 3. The summed E-state index contributed by atoms with van der Waals surface area (Å²) in [7, 11) is 1.98. The second kappa shape index (κ2) is 7.36. The van der Waals surface area contributed by atoms with Gasteiger partial charge in [-0.25, -0.2) is 4.98 Å². The number of nitrogens with zero attached hydrogens (tertiary/aromatic N) is 4. The lowest BCUT2D eigenvalue weighted by molar-refractivity contribution is 0.0753. The molecule has 0 amide bonds. The molecule has 5 heteroatoms. The van der Waals surface area contributed by atoms with Gasteiger partial charge in [0.25, 0.3) is 0 Å². The Hall–Kier alpha value is -0.940. The van der Waals surface area contributed by atoms with Gasteiger partial charge in [-0.1, -0.05) is 34.1 Å². The Morgan fingerprint density at radius 2 is 2.14 bits per heavy atom. The molecule has 2 rings (SSSR count). The fourth-order valence-electron chi connectivity index (χ4n) is 3.29. The third-order valence-electron chi connectivity index (χ3n) is 4.75.